The molecule has 0 radical (unpaired) electrons. The lowest BCUT2D eigenvalue weighted by Crippen LogP contribution is -1.99. The summed E-state index contributed by atoms with van der Waals surface area (Å²) in [6, 6.07) is 8.72. The standard InChI is InChI=1S/C17H23N3/c1-10(2)12-4-8-14(9-5-12)15-16(19-20-17(15)18)11(3)13-6-7-13/h4-5,8-11,13H,6-7H2,1-3H3,(H3,18,19,20). The van der Waals surface area contributed by atoms with Gasteiger partial charge in [-0.3, -0.25) is 5.10 Å². The minimum atomic E-state index is 0.513. The first-order chi connectivity index (χ1) is 9.58. The number of H-pyrrole nitrogens is 1. The number of hydrogen-bond donors (Lipinski definition) is 2. The van der Waals surface area contributed by atoms with Gasteiger partial charge in [-0.2, -0.15) is 5.10 Å². The van der Waals surface area contributed by atoms with Crippen molar-refractivity contribution in [2.75, 3.05) is 5.73 Å². The molecule has 106 valence electrons. The summed E-state index contributed by atoms with van der Waals surface area (Å²) < 4.78 is 0. The van der Waals surface area contributed by atoms with Gasteiger partial charge in [-0.15, -0.1) is 0 Å². The number of aromatic amines is 1. The van der Waals surface area contributed by atoms with Crippen molar-refractivity contribution in [3.8, 4) is 11.1 Å². The Morgan fingerprint density at radius 3 is 2.35 bits per heavy atom. The van der Waals surface area contributed by atoms with Crippen LogP contribution < -0.4 is 5.73 Å². The van der Waals surface area contributed by atoms with Crippen molar-refractivity contribution in [2.24, 2.45) is 5.92 Å². The highest BCUT2D eigenvalue weighted by Crippen LogP contribution is 2.45. The average Bonchev–Trinajstić information content (AvgIpc) is 3.21. The minimum absolute atomic E-state index is 0.513. The van der Waals surface area contributed by atoms with Gasteiger partial charge in [-0.1, -0.05) is 45.0 Å². The Hall–Kier alpha value is -1.77. The quantitative estimate of drug-likeness (QED) is 0.869. The Labute approximate surface area is 120 Å². The molecule has 1 aliphatic carbocycles. The van der Waals surface area contributed by atoms with Crippen LogP contribution in [0.5, 0.6) is 0 Å². The molecule has 1 atom stereocenters. The highest BCUT2D eigenvalue weighted by Gasteiger charge is 2.32. The molecule has 3 heteroatoms. The summed E-state index contributed by atoms with van der Waals surface area (Å²) in [5, 5.41) is 7.39. The molecule has 0 amide bonds. The molecule has 1 aromatic carbocycles. The fraction of sp³-hybridized carbons (Fsp3) is 0.471. The van der Waals surface area contributed by atoms with Crippen LogP contribution in [0.4, 0.5) is 5.82 Å². The summed E-state index contributed by atoms with van der Waals surface area (Å²) in [5.74, 6) is 2.48. The zero-order valence-electron chi connectivity index (χ0n) is 12.5. The molecule has 1 aliphatic rings. The van der Waals surface area contributed by atoms with Gasteiger partial charge in [-0.05, 0) is 35.8 Å². The summed E-state index contributed by atoms with van der Waals surface area (Å²) in [5.41, 5.74) is 10.9. The first kappa shape index (κ1) is 13.2. The van der Waals surface area contributed by atoms with Crippen molar-refractivity contribution >= 4 is 5.82 Å². The lowest BCUT2D eigenvalue weighted by Gasteiger charge is -2.12. The van der Waals surface area contributed by atoms with Gasteiger partial charge in [0.05, 0.1) is 0 Å². The summed E-state index contributed by atoms with van der Waals surface area (Å²) in [7, 11) is 0. The first-order valence-corrected chi connectivity index (χ1v) is 7.52. The van der Waals surface area contributed by atoms with Crippen LogP contribution in [0.2, 0.25) is 0 Å². The fourth-order valence-electron chi connectivity index (χ4n) is 2.87. The van der Waals surface area contributed by atoms with Crippen LogP contribution in [0.25, 0.3) is 11.1 Å². The summed E-state index contributed by atoms with van der Waals surface area (Å²) in [6.07, 6.45) is 2.65. The van der Waals surface area contributed by atoms with E-state index in [0.29, 0.717) is 17.7 Å². The summed E-state index contributed by atoms with van der Waals surface area (Å²) in [6.45, 7) is 6.69. The van der Waals surface area contributed by atoms with E-state index < -0.39 is 0 Å². The number of nitrogens with zero attached hydrogens (tertiary/aromatic N) is 1. The number of anilines is 1. The topological polar surface area (TPSA) is 54.7 Å². The van der Waals surface area contributed by atoms with Crippen LogP contribution in [0, 0.1) is 5.92 Å². The molecule has 1 fully saturated rings. The van der Waals surface area contributed by atoms with Gasteiger partial charge >= 0.3 is 0 Å². The third-order valence-electron chi connectivity index (χ3n) is 4.47. The van der Waals surface area contributed by atoms with Gasteiger partial charge in [0.25, 0.3) is 0 Å². The summed E-state index contributed by atoms with van der Waals surface area (Å²) in [4.78, 5) is 0. The number of benzene rings is 1. The van der Waals surface area contributed by atoms with E-state index in [9.17, 15) is 0 Å². The Balaban J connectivity index is 1.98. The van der Waals surface area contributed by atoms with Crippen molar-refractivity contribution in [2.45, 2.75) is 45.4 Å². The van der Waals surface area contributed by atoms with E-state index in [4.69, 9.17) is 5.73 Å². The number of rotatable bonds is 4. The SMILES string of the molecule is CC(C)c1ccc(-c2c(N)n[nH]c2C(C)C2CC2)cc1. The van der Waals surface area contributed by atoms with Gasteiger partial charge in [0.1, 0.15) is 0 Å². The number of nitrogen functional groups attached to an aromatic ring is 1. The summed E-state index contributed by atoms with van der Waals surface area (Å²) >= 11 is 0. The van der Waals surface area contributed by atoms with Crippen molar-refractivity contribution < 1.29 is 0 Å². The number of nitrogens with two attached hydrogens (primary N) is 1. The van der Waals surface area contributed by atoms with E-state index in [1.165, 1.54) is 29.7 Å². The molecule has 2 aromatic rings. The molecular formula is C17H23N3. The van der Waals surface area contributed by atoms with Crippen LogP contribution in [-0.2, 0) is 0 Å². The molecule has 20 heavy (non-hydrogen) atoms. The van der Waals surface area contributed by atoms with Crippen molar-refractivity contribution in [1.82, 2.24) is 10.2 Å². The molecule has 1 heterocycles. The molecule has 0 spiro atoms. The van der Waals surface area contributed by atoms with E-state index in [-0.39, 0.29) is 0 Å². The minimum Gasteiger partial charge on any atom is -0.382 e. The molecule has 3 nitrogen and oxygen atoms in total. The molecule has 0 saturated heterocycles. The maximum Gasteiger partial charge on any atom is 0.153 e. The van der Waals surface area contributed by atoms with Crippen LogP contribution in [0.3, 0.4) is 0 Å². The van der Waals surface area contributed by atoms with E-state index in [1.807, 2.05) is 0 Å². The number of hydrogen-bond acceptors (Lipinski definition) is 2. The zero-order valence-corrected chi connectivity index (χ0v) is 12.5. The van der Waals surface area contributed by atoms with Crippen LogP contribution in [-0.4, -0.2) is 10.2 Å². The number of nitrogens with one attached hydrogen (secondary N) is 1. The van der Waals surface area contributed by atoms with Gasteiger partial charge in [0, 0.05) is 17.2 Å². The van der Waals surface area contributed by atoms with Gasteiger partial charge in [-0.25, -0.2) is 0 Å². The largest absolute Gasteiger partial charge is 0.382 e. The average molecular weight is 269 g/mol. The van der Waals surface area contributed by atoms with Crippen molar-refractivity contribution in [1.29, 1.82) is 0 Å². The molecule has 0 aliphatic heterocycles. The molecule has 0 bridgehead atoms. The Bertz CT molecular complexity index is 591. The third kappa shape index (κ3) is 2.33. The Morgan fingerprint density at radius 2 is 1.80 bits per heavy atom. The second kappa shape index (κ2) is 4.97. The second-order valence-electron chi connectivity index (χ2n) is 6.30. The van der Waals surface area contributed by atoms with Gasteiger partial charge < -0.3 is 5.73 Å². The Morgan fingerprint density at radius 1 is 1.15 bits per heavy atom. The van der Waals surface area contributed by atoms with Crippen LogP contribution >= 0.6 is 0 Å². The van der Waals surface area contributed by atoms with Crippen molar-refractivity contribution in [3.05, 3.63) is 35.5 Å². The third-order valence-corrected chi connectivity index (χ3v) is 4.47. The fourth-order valence-corrected chi connectivity index (χ4v) is 2.87. The maximum absolute atomic E-state index is 6.09. The van der Waals surface area contributed by atoms with E-state index in [0.717, 1.165) is 11.5 Å². The predicted octanol–water partition coefficient (Wildman–Crippen LogP) is 4.30. The highest BCUT2D eigenvalue weighted by molar-refractivity contribution is 5.77. The predicted molar refractivity (Wildman–Crippen MR) is 83.7 cm³/mol. The van der Waals surface area contributed by atoms with Crippen LogP contribution in [0.1, 0.15) is 56.7 Å². The molecule has 3 rings (SSSR count). The van der Waals surface area contributed by atoms with E-state index >= 15 is 0 Å². The molecule has 3 N–H and O–H groups in total. The van der Waals surface area contributed by atoms with Crippen LogP contribution in [0.15, 0.2) is 24.3 Å². The molecule has 1 aromatic heterocycles. The van der Waals surface area contributed by atoms with Gasteiger partial charge in [0.2, 0.25) is 0 Å². The normalized spacial score (nSPS) is 16.6. The Kier molecular flexibility index (Phi) is 3.28. The van der Waals surface area contributed by atoms with Crippen molar-refractivity contribution in [3.63, 3.8) is 0 Å². The van der Waals surface area contributed by atoms with E-state index in [2.05, 4.69) is 55.2 Å². The van der Waals surface area contributed by atoms with Gasteiger partial charge in [0.15, 0.2) is 5.82 Å². The zero-order chi connectivity index (χ0) is 14.3. The lowest BCUT2D eigenvalue weighted by molar-refractivity contribution is 0.642. The maximum atomic E-state index is 6.09. The lowest BCUT2D eigenvalue weighted by atomic mass is 9.93. The molecule has 1 unspecified atom stereocenters. The van der Waals surface area contributed by atoms with E-state index in [1.54, 1.807) is 0 Å². The second-order valence-corrected chi connectivity index (χ2v) is 6.30. The smallest absolute Gasteiger partial charge is 0.153 e. The monoisotopic (exact) mass is 269 g/mol. The number of aromatic nitrogens is 2. The molecule has 1 saturated carbocycles. The first-order valence-electron chi connectivity index (χ1n) is 7.52. The molecular weight excluding hydrogens is 246 g/mol. The highest BCUT2D eigenvalue weighted by atomic mass is 15.2.